The number of sulfonamides is 1. The number of rotatable bonds is 6. The number of halogens is 6. The Morgan fingerprint density at radius 3 is 2.24 bits per heavy atom. The summed E-state index contributed by atoms with van der Waals surface area (Å²) >= 11 is 0. The maximum absolute atomic E-state index is 14.2. The standard InChI is InChI=1S/C24H20F6N2O4S/c25-15-4-1-3-14(13-15)16-7-8-18(36-23(26)27)21(22(16)32-9-11-35-12-10-32)20-17(24(28,29)30)5-2-6-19(20)37(31,33)34/h1-8,13,23H,9-12H2,(H2,31,33,34). The fourth-order valence-corrected chi connectivity index (χ4v) is 5.04. The first kappa shape index (κ1) is 26.8. The van der Waals surface area contributed by atoms with Gasteiger partial charge >= 0.3 is 12.8 Å². The van der Waals surface area contributed by atoms with Crippen LogP contribution in [-0.2, 0) is 20.9 Å². The van der Waals surface area contributed by atoms with Gasteiger partial charge in [0.2, 0.25) is 10.0 Å². The zero-order chi connectivity index (χ0) is 27.0. The van der Waals surface area contributed by atoms with Crippen LogP contribution in [-0.4, -0.2) is 41.3 Å². The third-order valence-corrected chi connectivity index (χ3v) is 6.66. The lowest BCUT2D eigenvalue weighted by Gasteiger charge is -2.34. The first-order valence-electron chi connectivity index (χ1n) is 10.8. The topological polar surface area (TPSA) is 81.9 Å². The SMILES string of the molecule is NS(=O)(=O)c1cccc(C(F)(F)F)c1-c1c(OC(F)F)ccc(-c2cccc(F)c2)c1N1CCOCC1. The van der Waals surface area contributed by atoms with E-state index in [1.165, 1.54) is 18.2 Å². The molecule has 0 atom stereocenters. The van der Waals surface area contributed by atoms with Gasteiger partial charge in [0, 0.05) is 29.8 Å². The molecule has 4 rings (SSSR count). The van der Waals surface area contributed by atoms with E-state index in [1.54, 1.807) is 4.90 Å². The smallest absolute Gasteiger partial charge is 0.417 e. The summed E-state index contributed by atoms with van der Waals surface area (Å²) in [4.78, 5) is 0.615. The maximum Gasteiger partial charge on any atom is 0.417 e. The molecule has 0 bridgehead atoms. The summed E-state index contributed by atoms with van der Waals surface area (Å²) in [7, 11) is -4.79. The molecule has 6 nitrogen and oxygen atoms in total. The minimum absolute atomic E-state index is 0.0614. The van der Waals surface area contributed by atoms with Crippen LogP contribution in [0.2, 0.25) is 0 Å². The second-order valence-electron chi connectivity index (χ2n) is 8.04. The molecule has 1 saturated heterocycles. The van der Waals surface area contributed by atoms with Gasteiger partial charge in [0.25, 0.3) is 0 Å². The largest absolute Gasteiger partial charge is 0.434 e. The highest BCUT2D eigenvalue weighted by Crippen LogP contribution is 2.51. The minimum atomic E-state index is -5.10. The van der Waals surface area contributed by atoms with Gasteiger partial charge < -0.3 is 14.4 Å². The maximum atomic E-state index is 14.2. The van der Waals surface area contributed by atoms with E-state index in [-0.39, 0.29) is 43.1 Å². The van der Waals surface area contributed by atoms with Crippen LogP contribution in [0.1, 0.15) is 5.56 Å². The van der Waals surface area contributed by atoms with Crippen molar-refractivity contribution in [1.82, 2.24) is 0 Å². The number of anilines is 1. The van der Waals surface area contributed by atoms with Crippen molar-refractivity contribution in [2.75, 3.05) is 31.2 Å². The Morgan fingerprint density at radius 2 is 1.65 bits per heavy atom. The van der Waals surface area contributed by atoms with E-state index >= 15 is 0 Å². The number of hydrogen-bond acceptors (Lipinski definition) is 5. The fraction of sp³-hybridized carbons (Fsp3) is 0.250. The van der Waals surface area contributed by atoms with Crippen molar-refractivity contribution in [3.8, 4) is 28.0 Å². The Hall–Kier alpha value is -3.29. The molecule has 0 amide bonds. The van der Waals surface area contributed by atoms with E-state index in [4.69, 9.17) is 9.88 Å². The molecule has 2 N–H and O–H groups in total. The molecule has 198 valence electrons. The van der Waals surface area contributed by atoms with Crippen LogP contribution in [0.15, 0.2) is 59.5 Å². The molecule has 1 fully saturated rings. The number of nitrogens with zero attached hydrogens (tertiary/aromatic N) is 1. The van der Waals surface area contributed by atoms with Crippen LogP contribution >= 0.6 is 0 Å². The number of hydrogen-bond donors (Lipinski definition) is 1. The molecule has 1 heterocycles. The minimum Gasteiger partial charge on any atom is -0.434 e. The molecule has 1 aliphatic rings. The average Bonchev–Trinajstić information content (AvgIpc) is 2.82. The predicted molar refractivity (Wildman–Crippen MR) is 123 cm³/mol. The summed E-state index contributed by atoms with van der Waals surface area (Å²) in [5, 5.41) is 5.29. The molecule has 3 aromatic carbocycles. The van der Waals surface area contributed by atoms with Crippen LogP contribution in [0, 0.1) is 5.82 Å². The molecule has 3 aromatic rings. The van der Waals surface area contributed by atoms with E-state index in [0.29, 0.717) is 6.07 Å². The van der Waals surface area contributed by atoms with Gasteiger partial charge in [-0.3, -0.25) is 0 Å². The van der Waals surface area contributed by atoms with Gasteiger partial charge in [-0.25, -0.2) is 17.9 Å². The monoisotopic (exact) mass is 546 g/mol. The van der Waals surface area contributed by atoms with Crippen molar-refractivity contribution in [1.29, 1.82) is 0 Å². The van der Waals surface area contributed by atoms with Crippen LogP contribution in [0.5, 0.6) is 5.75 Å². The summed E-state index contributed by atoms with van der Waals surface area (Å²) in [6.45, 7) is -2.93. The average molecular weight is 546 g/mol. The lowest BCUT2D eigenvalue weighted by atomic mass is 9.91. The third-order valence-electron chi connectivity index (χ3n) is 5.71. The van der Waals surface area contributed by atoms with Crippen molar-refractivity contribution < 1.29 is 44.2 Å². The molecule has 37 heavy (non-hydrogen) atoms. The van der Waals surface area contributed by atoms with Crippen LogP contribution < -0.4 is 14.8 Å². The molecule has 0 aliphatic carbocycles. The second-order valence-corrected chi connectivity index (χ2v) is 9.57. The molecule has 13 heteroatoms. The first-order valence-corrected chi connectivity index (χ1v) is 12.4. The highest BCUT2D eigenvalue weighted by molar-refractivity contribution is 7.89. The molecule has 0 aromatic heterocycles. The quantitative estimate of drug-likeness (QED) is 0.427. The number of ether oxygens (including phenoxy) is 2. The van der Waals surface area contributed by atoms with Crippen LogP contribution in [0.25, 0.3) is 22.3 Å². The predicted octanol–water partition coefficient (Wildman–Crippen LogP) is 5.26. The van der Waals surface area contributed by atoms with Gasteiger partial charge in [0.1, 0.15) is 11.6 Å². The van der Waals surface area contributed by atoms with Crippen molar-refractivity contribution in [2.45, 2.75) is 17.7 Å². The van der Waals surface area contributed by atoms with Crippen molar-refractivity contribution in [3.05, 3.63) is 66.0 Å². The number of morpholine rings is 1. The zero-order valence-electron chi connectivity index (χ0n) is 18.9. The Bertz CT molecular complexity index is 1410. The Balaban J connectivity index is 2.21. The summed E-state index contributed by atoms with van der Waals surface area (Å²) in [5.74, 6) is -1.36. The van der Waals surface area contributed by atoms with Crippen molar-refractivity contribution in [3.63, 3.8) is 0 Å². The van der Waals surface area contributed by atoms with Crippen LogP contribution in [0.4, 0.5) is 32.0 Å². The number of primary sulfonamides is 1. The highest BCUT2D eigenvalue weighted by atomic mass is 32.2. The van der Waals surface area contributed by atoms with Gasteiger partial charge in [-0.2, -0.15) is 22.0 Å². The second kappa shape index (κ2) is 10.2. The summed E-state index contributed by atoms with van der Waals surface area (Å²) in [6.07, 6.45) is -5.10. The van der Waals surface area contributed by atoms with E-state index in [9.17, 15) is 34.8 Å². The molecule has 0 unspecified atom stereocenters. The number of nitrogens with two attached hydrogens (primary N) is 1. The Morgan fingerprint density at radius 1 is 0.973 bits per heavy atom. The third kappa shape index (κ3) is 5.68. The van der Waals surface area contributed by atoms with Gasteiger partial charge in [-0.15, -0.1) is 0 Å². The molecular weight excluding hydrogens is 526 g/mol. The van der Waals surface area contributed by atoms with E-state index < -0.39 is 56.0 Å². The number of alkyl halides is 5. The van der Waals surface area contributed by atoms with E-state index in [1.807, 2.05) is 0 Å². The van der Waals surface area contributed by atoms with Crippen molar-refractivity contribution >= 4 is 15.7 Å². The molecule has 0 saturated carbocycles. The lowest BCUT2D eigenvalue weighted by molar-refractivity contribution is -0.137. The van der Waals surface area contributed by atoms with Crippen molar-refractivity contribution in [2.24, 2.45) is 5.14 Å². The summed E-state index contributed by atoms with van der Waals surface area (Å²) in [6, 6.07) is 9.74. The first-order chi connectivity index (χ1) is 17.4. The summed E-state index contributed by atoms with van der Waals surface area (Å²) < 4.78 is 119. The zero-order valence-corrected chi connectivity index (χ0v) is 19.8. The van der Waals surface area contributed by atoms with Gasteiger partial charge in [0.15, 0.2) is 0 Å². The molecule has 1 aliphatic heterocycles. The van der Waals surface area contributed by atoms with Gasteiger partial charge in [-0.1, -0.05) is 18.2 Å². The molecule has 0 radical (unpaired) electrons. The van der Waals surface area contributed by atoms with Gasteiger partial charge in [0.05, 0.1) is 29.4 Å². The lowest BCUT2D eigenvalue weighted by Crippen LogP contribution is -2.37. The normalized spacial score (nSPS) is 14.8. The van der Waals surface area contributed by atoms with E-state index in [0.717, 1.165) is 30.3 Å². The number of benzene rings is 3. The summed E-state index contributed by atoms with van der Waals surface area (Å²) in [5.41, 5.74) is -2.63. The molecular formula is C24H20F6N2O4S. The molecule has 0 spiro atoms. The Labute approximate surface area is 208 Å². The highest BCUT2D eigenvalue weighted by Gasteiger charge is 2.39. The Kier molecular flexibility index (Phi) is 7.40. The fourth-order valence-electron chi connectivity index (χ4n) is 4.28. The van der Waals surface area contributed by atoms with Gasteiger partial charge in [-0.05, 0) is 42.0 Å². The van der Waals surface area contributed by atoms with Crippen LogP contribution in [0.3, 0.4) is 0 Å². The van der Waals surface area contributed by atoms with E-state index in [2.05, 4.69) is 4.74 Å².